The molecular weight excluding hydrogens is 525 g/mol. The van der Waals surface area contributed by atoms with Crippen molar-refractivity contribution in [3.05, 3.63) is 75.8 Å². The second kappa shape index (κ2) is 12.8. The molecule has 1 aliphatic rings. The maximum atomic E-state index is 12.8. The molecule has 12 heteroatoms. The lowest BCUT2D eigenvalue weighted by Crippen LogP contribution is -2.34. The molecule has 202 valence electrons. The van der Waals surface area contributed by atoms with E-state index in [1.807, 2.05) is 36.0 Å². The zero-order valence-corrected chi connectivity index (χ0v) is 21.6. The Kier molecular flexibility index (Phi) is 9.77. The summed E-state index contributed by atoms with van der Waals surface area (Å²) in [5, 5.41) is 12.1. The van der Waals surface area contributed by atoms with E-state index in [2.05, 4.69) is 11.2 Å². The molecule has 0 spiro atoms. The van der Waals surface area contributed by atoms with Crippen molar-refractivity contribution in [3.8, 4) is 17.2 Å². The minimum Gasteiger partial charge on any atom is -0.334 e. The van der Waals surface area contributed by atoms with Crippen molar-refractivity contribution in [1.29, 1.82) is 5.26 Å². The maximum absolute atomic E-state index is 12.8. The van der Waals surface area contributed by atoms with Crippen LogP contribution in [0.2, 0.25) is 0 Å². The summed E-state index contributed by atoms with van der Waals surface area (Å²) >= 11 is 1.50. The highest BCUT2D eigenvalue weighted by Gasteiger charge is 2.37. The Morgan fingerprint density at radius 2 is 1.97 bits per heavy atom. The summed E-state index contributed by atoms with van der Waals surface area (Å²) < 4.78 is 63.5. The number of amides is 1. The van der Waals surface area contributed by atoms with Crippen molar-refractivity contribution in [2.45, 2.75) is 32.1 Å². The maximum Gasteiger partial charge on any atom is 0.435 e. The second-order valence-electron chi connectivity index (χ2n) is 8.71. The number of nitrogens with zero attached hydrogens (tertiary/aromatic N) is 5. The topological polar surface area (TPSA) is 65.2 Å². The molecule has 1 aromatic carbocycles. The fourth-order valence-electron chi connectivity index (χ4n) is 3.73. The SMILES string of the molecule is CN(C)C/C=C/C(=O)N1CCc2cc(C#N)sc2C1.FC(F)Cn1cc(-c2ccccc2)c(C(F)(F)F)n1. The highest BCUT2D eigenvalue weighted by Crippen LogP contribution is 2.36. The van der Waals surface area contributed by atoms with Crippen LogP contribution in [0, 0.1) is 11.3 Å². The summed E-state index contributed by atoms with van der Waals surface area (Å²) in [6.07, 6.45) is -2.08. The van der Waals surface area contributed by atoms with Gasteiger partial charge in [-0.1, -0.05) is 36.4 Å². The minimum absolute atomic E-state index is 0.0550. The zero-order chi connectivity index (χ0) is 27.9. The predicted octanol–water partition coefficient (Wildman–Crippen LogP) is 5.46. The molecule has 0 bridgehead atoms. The van der Waals surface area contributed by atoms with Gasteiger partial charge in [-0.3, -0.25) is 9.48 Å². The van der Waals surface area contributed by atoms with E-state index in [0.717, 1.165) is 35.5 Å². The van der Waals surface area contributed by atoms with Crippen LogP contribution in [0.25, 0.3) is 11.1 Å². The fraction of sp³-hybridized carbons (Fsp3) is 0.346. The predicted molar refractivity (Wildman–Crippen MR) is 135 cm³/mol. The number of aromatic nitrogens is 2. The van der Waals surface area contributed by atoms with Crippen LogP contribution in [0.4, 0.5) is 22.0 Å². The Labute approximate surface area is 221 Å². The van der Waals surface area contributed by atoms with Crippen molar-refractivity contribution < 1.29 is 26.7 Å². The summed E-state index contributed by atoms with van der Waals surface area (Å²) in [4.78, 5) is 17.8. The van der Waals surface area contributed by atoms with Crippen LogP contribution in [0.1, 0.15) is 21.0 Å². The largest absolute Gasteiger partial charge is 0.435 e. The van der Waals surface area contributed by atoms with Crippen molar-refractivity contribution in [1.82, 2.24) is 19.6 Å². The van der Waals surface area contributed by atoms with E-state index in [0.29, 0.717) is 11.2 Å². The van der Waals surface area contributed by atoms with Gasteiger partial charge < -0.3 is 9.80 Å². The van der Waals surface area contributed by atoms with Crippen molar-refractivity contribution in [3.63, 3.8) is 0 Å². The summed E-state index contributed by atoms with van der Waals surface area (Å²) in [7, 11) is 3.94. The molecule has 0 atom stereocenters. The first kappa shape index (κ1) is 29.0. The number of alkyl halides is 5. The lowest BCUT2D eigenvalue weighted by Gasteiger charge is -2.25. The van der Waals surface area contributed by atoms with Crippen LogP contribution in [-0.4, -0.2) is 59.1 Å². The first-order valence-electron chi connectivity index (χ1n) is 11.6. The highest BCUT2D eigenvalue weighted by atomic mass is 32.1. The monoisotopic (exact) mass is 551 g/mol. The first-order chi connectivity index (χ1) is 18.0. The molecule has 38 heavy (non-hydrogen) atoms. The summed E-state index contributed by atoms with van der Waals surface area (Å²) in [6, 6.07) is 11.9. The number of benzene rings is 1. The van der Waals surface area contributed by atoms with Crippen LogP contribution in [0.15, 0.2) is 54.7 Å². The van der Waals surface area contributed by atoms with E-state index < -0.39 is 24.8 Å². The number of hydrogen-bond donors (Lipinski definition) is 0. The standard InChI is InChI=1S/C14H17N3OS.C12H9F5N2/c1-16(2)6-3-4-14(18)17-7-5-11-8-12(9-15)19-13(11)10-17;13-10(14)7-19-6-9(8-4-2-1-3-5-8)11(18-19)12(15,16)17/h3-4,8H,5-7,10H2,1-2H3;1-6,10H,7H2/b4-3+;. The smallest absolute Gasteiger partial charge is 0.334 e. The molecule has 0 radical (unpaired) electrons. The minimum atomic E-state index is -4.68. The molecule has 0 N–H and O–H groups in total. The van der Waals surface area contributed by atoms with Gasteiger partial charge in [0, 0.05) is 35.8 Å². The molecular formula is C26H26F5N5OS. The first-order valence-corrected chi connectivity index (χ1v) is 12.4. The van der Waals surface area contributed by atoms with E-state index in [1.54, 1.807) is 24.3 Å². The highest BCUT2D eigenvalue weighted by molar-refractivity contribution is 7.12. The fourth-order valence-corrected chi connectivity index (χ4v) is 4.75. The Bertz CT molecular complexity index is 1290. The number of carbonyl (C=O) groups excluding carboxylic acids is 1. The normalized spacial score (nSPS) is 13.4. The molecule has 1 aliphatic heterocycles. The van der Waals surface area contributed by atoms with Crippen molar-refractivity contribution in [2.24, 2.45) is 0 Å². The van der Waals surface area contributed by atoms with Gasteiger partial charge >= 0.3 is 6.18 Å². The number of likely N-dealkylation sites (N-methyl/N-ethyl adjacent to an activating group) is 1. The number of rotatable bonds is 6. The van der Waals surface area contributed by atoms with E-state index in [1.165, 1.54) is 29.0 Å². The van der Waals surface area contributed by atoms with Gasteiger partial charge in [0.05, 0.1) is 6.54 Å². The van der Waals surface area contributed by atoms with Crippen LogP contribution >= 0.6 is 11.3 Å². The molecule has 0 fully saturated rings. The Balaban J connectivity index is 0.000000211. The Morgan fingerprint density at radius 3 is 2.58 bits per heavy atom. The second-order valence-corrected chi connectivity index (χ2v) is 9.85. The van der Waals surface area contributed by atoms with Crippen LogP contribution in [0.3, 0.4) is 0 Å². The molecule has 0 saturated carbocycles. The average Bonchev–Trinajstić information content (AvgIpc) is 3.48. The third-order valence-corrected chi connectivity index (χ3v) is 6.54. The van der Waals surface area contributed by atoms with Crippen LogP contribution < -0.4 is 0 Å². The van der Waals surface area contributed by atoms with Gasteiger partial charge in [-0.25, -0.2) is 8.78 Å². The number of carbonyl (C=O) groups is 1. The van der Waals surface area contributed by atoms with Crippen molar-refractivity contribution >= 4 is 17.2 Å². The third kappa shape index (κ3) is 7.97. The number of nitriles is 1. The van der Waals surface area contributed by atoms with E-state index in [4.69, 9.17) is 5.26 Å². The summed E-state index contributed by atoms with van der Waals surface area (Å²) in [6.45, 7) is 1.27. The molecule has 3 heterocycles. The number of halogens is 5. The summed E-state index contributed by atoms with van der Waals surface area (Å²) in [5.41, 5.74) is 0.159. The molecule has 0 saturated heterocycles. The number of hydrogen-bond acceptors (Lipinski definition) is 5. The van der Waals surface area contributed by atoms with Crippen molar-refractivity contribution in [2.75, 3.05) is 27.2 Å². The van der Waals surface area contributed by atoms with Crippen LogP contribution in [-0.2, 0) is 30.5 Å². The van der Waals surface area contributed by atoms with E-state index in [9.17, 15) is 26.7 Å². The number of thiophene rings is 1. The molecule has 3 aromatic rings. The average molecular weight is 552 g/mol. The van der Waals surface area contributed by atoms with Gasteiger partial charge in [-0.05, 0) is 37.7 Å². The molecule has 6 nitrogen and oxygen atoms in total. The van der Waals surface area contributed by atoms with Gasteiger partial charge in [0.1, 0.15) is 17.5 Å². The third-order valence-electron chi connectivity index (χ3n) is 5.48. The lowest BCUT2D eigenvalue weighted by atomic mass is 10.1. The summed E-state index contributed by atoms with van der Waals surface area (Å²) in [5.74, 6) is 0.0550. The molecule has 0 unspecified atom stereocenters. The van der Waals surface area contributed by atoms with Gasteiger partial charge in [-0.15, -0.1) is 11.3 Å². The van der Waals surface area contributed by atoms with E-state index >= 15 is 0 Å². The molecule has 4 rings (SSSR count). The molecule has 2 aromatic heterocycles. The van der Waals surface area contributed by atoms with Gasteiger partial charge in [-0.2, -0.15) is 23.5 Å². The van der Waals surface area contributed by atoms with Gasteiger partial charge in [0.25, 0.3) is 6.43 Å². The van der Waals surface area contributed by atoms with Crippen LogP contribution in [0.5, 0.6) is 0 Å². The van der Waals surface area contributed by atoms with Gasteiger partial charge in [0.15, 0.2) is 5.69 Å². The Morgan fingerprint density at radius 1 is 1.26 bits per heavy atom. The van der Waals surface area contributed by atoms with Gasteiger partial charge in [0.2, 0.25) is 5.91 Å². The Hall–Kier alpha value is -3.56. The zero-order valence-electron chi connectivity index (χ0n) is 20.8. The van der Waals surface area contributed by atoms with E-state index in [-0.39, 0.29) is 17.0 Å². The molecule has 1 amide bonds. The quantitative estimate of drug-likeness (QED) is 0.302. The lowest BCUT2D eigenvalue weighted by molar-refractivity contribution is -0.141. The number of fused-ring (bicyclic) bond motifs is 1. The molecule has 0 aliphatic carbocycles.